The SMILES string of the molecule is CC(Oc1ccc(Cl)cc1Br)C(=O)Nc1ccc(-c2cnco2)cc1. The van der Waals surface area contributed by atoms with Gasteiger partial charge in [0.15, 0.2) is 18.3 Å². The normalized spacial score (nSPS) is 11.8. The fraction of sp³-hybridized carbons (Fsp3) is 0.111. The van der Waals surface area contributed by atoms with Gasteiger partial charge in [0, 0.05) is 16.3 Å². The van der Waals surface area contributed by atoms with Crippen molar-refractivity contribution in [3.8, 4) is 17.1 Å². The molecule has 0 saturated heterocycles. The van der Waals surface area contributed by atoms with Gasteiger partial charge in [-0.05, 0) is 65.3 Å². The number of nitrogens with one attached hydrogen (secondary N) is 1. The van der Waals surface area contributed by atoms with E-state index < -0.39 is 6.10 Å². The number of hydrogen-bond donors (Lipinski definition) is 1. The van der Waals surface area contributed by atoms with Gasteiger partial charge in [0.25, 0.3) is 5.91 Å². The Bertz CT molecular complexity index is 867. The fourth-order valence-corrected chi connectivity index (χ4v) is 2.91. The standard InChI is InChI=1S/C18H14BrClN2O3/c1-11(25-16-7-4-13(20)8-15(16)19)18(23)22-14-5-2-12(3-6-14)17-9-21-10-24-17/h2-11H,1H3,(H,22,23). The van der Waals surface area contributed by atoms with Crippen molar-refractivity contribution in [2.75, 3.05) is 5.32 Å². The summed E-state index contributed by atoms with van der Waals surface area (Å²) in [7, 11) is 0. The van der Waals surface area contributed by atoms with Crippen LogP contribution in [0.3, 0.4) is 0 Å². The molecule has 5 nitrogen and oxygen atoms in total. The molecular formula is C18H14BrClN2O3. The molecular weight excluding hydrogens is 408 g/mol. The number of benzene rings is 2. The van der Waals surface area contributed by atoms with Crippen molar-refractivity contribution in [3.63, 3.8) is 0 Å². The van der Waals surface area contributed by atoms with E-state index >= 15 is 0 Å². The molecule has 1 heterocycles. The second kappa shape index (κ2) is 7.72. The zero-order valence-electron chi connectivity index (χ0n) is 13.2. The Balaban J connectivity index is 1.63. The van der Waals surface area contributed by atoms with Gasteiger partial charge in [-0.1, -0.05) is 11.6 Å². The molecule has 0 bridgehead atoms. The highest BCUT2D eigenvalue weighted by Crippen LogP contribution is 2.29. The summed E-state index contributed by atoms with van der Waals surface area (Å²) in [4.78, 5) is 16.2. The third kappa shape index (κ3) is 4.41. The minimum absolute atomic E-state index is 0.255. The van der Waals surface area contributed by atoms with E-state index in [1.165, 1.54) is 6.39 Å². The Hall–Kier alpha value is -2.31. The topological polar surface area (TPSA) is 64.4 Å². The van der Waals surface area contributed by atoms with Gasteiger partial charge in [0.05, 0.1) is 10.7 Å². The van der Waals surface area contributed by atoms with Crippen LogP contribution >= 0.6 is 27.5 Å². The maximum absolute atomic E-state index is 12.3. The largest absolute Gasteiger partial charge is 0.480 e. The molecule has 0 aliphatic carbocycles. The molecule has 0 radical (unpaired) electrons. The van der Waals surface area contributed by atoms with Gasteiger partial charge >= 0.3 is 0 Å². The number of anilines is 1. The highest BCUT2D eigenvalue weighted by atomic mass is 79.9. The van der Waals surface area contributed by atoms with Crippen LogP contribution in [0.25, 0.3) is 11.3 Å². The van der Waals surface area contributed by atoms with Gasteiger partial charge in [0.2, 0.25) is 0 Å². The van der Waals surface area contributed by atoms with E-state index in [0.717, 1.165) is 5.56 Å². The Labute approximate surface area is 158 Å². The number of carbonyl (C=O) groups excluding carboxylic acids is 1. The number of aromatic nitrogens is 1. The summed E-state index contributed by atoms with van der Waals surface area (Å²) >= 11 is 9.26. The number of oxazole rings is 1. The van der Waals surface area contributed by atoms with Crippen LogP contribution in [-0.2, 0) is 4.79 Å². The summed E-state index contributed by atoms with van der Waals surface area (Å²) in [5.74, 6) is 0.962. The third-order valence-electron chi connectivity index (χ3n) is 3.44. The predicted octanol–water partition coefficient (Wildman–Crippen LogP) is 5.16. The molecule has 0 aliphatic heterocycles. The number of rotatable bonds is 5. The summed E-state index contributed by atoms with van der Waals surface area (Å²) in [6, 6.07) is 12.4. The second-order valence-corrected chi connectivity index (χ2v) is 6.56. The minimum Gasteiger partial charge on any atom is -0.480 e. The lowest BCUT2D eigenvalue weighted by Gasteiger charge is -2.16. The number of ether oxygens (including phenoxy) is 1. The Morgan fingerprint density at radius 1 is 1.28 bits per heavy atom. The van der Waals surface area contributed by atoms with Crippen LogP contribution in [0.5, 0.6) is 5.75 Å². The van der Waals surface area contributed by atoms with Gasteiger partial charge in [-0.15, -0.1) is 0 Å². The Kier molecular flexibility index (Phi) is 5.40. The van der Waals surface area contributed by atoms with Crippen molar-refractivity contribution in [1.82, 2.24) is 4.98 Å². The molecule has 0 fully saturated rings. The van der Waals surface area contributed by atoms with Crippen LogP contribution in [0, 0.1) is 0 Å². The van der Waals surface area contributed by atoms with E-state index in [4.69, 9.17) is 20.8 Å². The third-order valence-corrected chi connectivity index (χ3v) is 4.29. The fourth-order valence-electron chi connectivity index (χ4n) is 2.13. The molecule has 3 rings (SSSR count). The smallest absolute Gasteiger partial charge is 0.265 e. The Morgan fingerprint density at radius 2 is 2.04 bits per heavy atom. The highest BCUT2D eigenvalue weighted by molar-refractivity contribution is 9.10. The maximum atomic E-state index is 12.3. The summed E-state index contributed by atoms with van der Waals surface area (Å²) in [5.41, 5.74) is 1.55. The van der Waals surface area contributed by atoms with Crippen LogP contribution in [0.2, 0.25) is 5.02 Å². The lowest BCUT2D eigenvalue weighted by atomic mass is 10.1. The minimum atomic E-state index is -0.675. The molecule has 128 valence electrons. The van der Waals surface area contributed by atoms with Crippen molar-refractivity contribution >= 4 is 39.1 Å². The molecule has 0 spiro atoms. The van der Waals surface area contributed by atoms with E-state index in [-0.39, 0.29) is 5.91 Å². The highest BCUT2D eigenvalue weighted by Gasteiger charge is 2.16. The van der Waals surface area contributed by atoms with Crippen molar-refractivity contribution in [2.45, 2.75) is 13.0 Å². The van der Waals surface area contributed by atoms with Gasteiger partial charge in [-0.25, -0.2) is 4.98 Å². The van der Waals surface area contributed by atoms with Crippen molar-refractivity contribution in [3.05, 3.63) is 64.6 Å². The zero-order chi connectivity index (χ0) is 17.8. The molecule has 2 aromatic carbocycles. The van der Waals surface area contributed by atoms with Crippen LogP contribution in [0.1, 0.15) is 6.92 Å². The zero-order valence-corrected chi connectivity index (χ0v) is 15.5. The van der Waals surface area contributed by atoms with Crippen molar-refractivity contribution < 1.29 is 13.9 Å². The van der Waals surface area contributed by atoms with Crippen molar-refractivity contribution in [2.24, 2.45) is 0 Å². The number of amides is 1. The lowest BCUT2D eigenvalue weighted by Crippen LogP contribution is -2.30. The average Bonchev–Trinajstić information content (AvgIpc) is 3.12. The van der Waals surface area contributed by atoms with E-state index in [9.17, 15) is 4.79 Å². The van der Waals surface area contributed by atoms with Gasteiger partial charge < -0.3 is 14.5 Å². The summed E-state index contributed by atoms with van der Waals surface area (Å²) in [6.07, 6.45) is 2.33. The molecule has 0 saturated carbocycles. The van der Waals surface area contributed by atoms with E-state index in [1.807, 2.05) is 12.1 Å². The molecule has 25 heavy (non-hydrogen) atoms. The average molecular weight is 422 g/mol. The lowest BCUT2D eigenvalue weighted by molar-refractivity contribution is -0.122. The second-order valence-electron chi connectivity index (χ2n) is 5.27. The number of hydrogen-bond acceptors (Lipinski definition) is 4. The first-order valence-corrected chi connectivity index (χ1v) is 8.61. The Morgan fingerprint density at radius 3 is 2.68 bits per heavy atom. The molecule has 7 heteroatoms. The summed E-state index contributed by atoms with van der Waals surface area (Å²) in [5, 5.41) is 3.40. The first kappa shape index (κ1) is 17.5. The molecule has 0 aliphatic rings. The van der Waals surface area contributed by atoms with Crippen LogP contribution in [0.4, 0.5) is 5.69 Å². The number of halogens is 2. The van der Waals surface area contributed by atoms with Crippen LogP contribution in [0.15, 0.2) is 63.9 Å². The molecule has 3 aromatic rings. The van der Waals surface area contributed by atoms with Crippen molar-refractivity contribution in [1.29, 1.82) is 0 Å². The van der Waals surface area contributed by atoms with E-state index in [1.54, 1.807) is 43.5 Å². The molecule has 1 N–H and O–H groups in total. The van der Waals surface area contributed by atoms with Gasteiger partial charge in [0.1, 0.15) is 5.75 Å². The summed E-state index contributed by atoms with van der Waals surface area (Å²) in [6.45, 7) is 1.68. The van der Waals surface area contributed by atoms with Crippen LogP contribution in [-0.4, -0.2) is 17.0 Å². The van der Waals surface area contributed by atoms with Crippen LogP contribution < -0.4 is 10.1 Å². The quantitative estimate of drug-likeness (QED) is 0.618. The maximum Gasteiger partial charge on any atom is 0.265 e. The molecule has 1 amide bonds. The van der Waals surface area contributed by atoms with Gasteiger partial charge in [-0.2, -0.15) is 0 Å². The summed E-state index contributed by atoms with van der Waals surface area (Å²) < 4.78 is 11.6. The first-order chi connectivity index (χ1) is 12.0. The van der Waals surface area contributed by atoms with E-state index in [0.29, 0.717) is 26.7 Å². The molecule has 1 atom stereocenters. The van der Waals surface area contributed by atoms with Gasteiger partial charge in [-0.3, -0.25) is 4.79 Å². The molecule has 1 aromatic heterocycles. The number of carbonyl (C=O) groups is 1. The predicted molar refractivity (Wildman–Crippen MR) is 99.8 cm³/mol. The number of nitrogens with zero attached hydrogens (tertiary/aromatic N) is 1. The molecule has 1 unspecified atom stereocenters. The first-order valence-electron chi connectivity index (χ1n) is 7.44. The monoisotopic (exact) mass is 420 g/mol. The van der Waals surface area contributed by atoms with E-state index in [2.05, 4.69) is 26.2 Å².